The van der Waals surface area contributed by atoms with Crippen molar-refractivity contribution in [2.75, 3.05) is 6.61 Å². The Balaban J connectivity index is 2.16. The highest BCUT2D eigenvalue weighted by Crippen LogP contribution is 2.21. The molecule has 0 saturated carbocycles. The zero-order valence-corrected chi connectivity index (χ0v) is 8.36. The van der Waals surface area contributed by atoms with Crippen molar-refractivity contribution in [2.45, 2.75) is 31.9 Å². The number of ether oxygens (including phenoxy) is 1. The summed E-state index contributed by atoms with van der Waals surface area (Å²) in [5.74, 6) is -0.973. The van der Waals surface area contributed by atoms with Crippen LogP contribution in [0.3, 0.4) is 0 Å². The van der Waals surface area contributed by atoms with Gasteiger partial charge < -0.3 is 4.74 Å². The molecule has 0 aromatic carbocycles. The zero-order chi connectivity index (χ0) is 11.0. The maximum atomic E-state index is 11.5. The van der Waals surface area contributed by atoms with Gasteiger partial charge in [-0.15, -0.1) is 0 Å². The number of hydrogen-bond donors (Lipinski definition) is 1. The summed E-state index contributed by atoms with van der Waals surface area (Å²) in [6.45, 7) is 2.35. The third-order valence-corrected chi connectivity index (χ3v) is 2.71. The molecular formula is C9H12N2O4. The van der Waals surface area contributed by atoms with E-state index in [4.69, 9.17) is 4.74 Å². The Morgan fingerprint density at radius 1 is 1.40 bits per heavy atom. The lowest BCUT2D eigenvalue weighted by molar-refractivity contribution is -0.138. The van der Waals surface area contributed by atoms with Crippen LogP contribution in [0.1, 0.15) is 19.8 Å². The molecule has 4 amide bonds. The molecule has 0 aliphatic carbocycles. The molecule has 2 atom stereocenters. The third-order valence-electron chi connectivity index (χ3n) is 2.71. The molecule has 2 unspecified atom stereocenters. The molecule has 2 fully saturated rings. The van der Waals surface area contributed by atoms with Gasteiger partial charge in [-0.2, -0.15) is 0 Å². The highest BCUT2D eigenvalue weighted by Gasteiger charge is 2.40. The van der Waals surface area contributed by atoms with Crippen molar-refractivity contribution in [3.05, 3.63) is 0 Å². The summed E-state index contributed by atoms with van der Waals surface area (Å²) in [6, 6.07) is -0.871. The Morgan fingerprint density at radius 2 is 2.13 bits per heavy atom. The van der Waals surface area contributed by atoms with Crippen LogP contribution >= 0.6 is 0 Å². The first-order valence-electron chi connectivity index (χ1n) is 4.87. The lowest BCUT2D eigenvalue weighted by Crippen LogP contribution is -2.57. The van der Waals surface area contributed by atoms with Crippen LogP contribution in [0.5, 0.6) is 0 Å². The highest BCUT2D eigenvalue weighted by molar-refractivity contribution is 6.14. The van der Waals surface area contributed by atoms with Crippen molar-refractivity contribution in [1.82, 2.24) is 10.2 Å². The van der Waals surface area contributed by atoms with E-state index in [1.54, 1.807) is 0 Å². The second-order valence-electron chi connectivity index (χ2n) is 3.73. The molecule has 82 valence electrons. The number of urea groups is 1. The number of carbonyl (C=O) groups is 3. The SMILES string of the molecule is CC1OCCC1N1C(=O)CC(=O)NC1=O. The molecule has 6 nitrogen and oxygen atoms in total. The Labute approximate surface area is 86.6 Å². The van der Waals surface area contributed by atoms with Crippen molar-refractivity contribution in [2.24, 2.45) is 0 Å². The molecule has 1 N–H and O–H groups in total. The second kappa shape index (κ2) is 3.62. The minimum atomic E-state index is -0.626. The van der Waals surface area contributed by atoms with Crippen molar-refractivity contribution < 1.29 is 19.1 Å². The zero-order valence-electron chi connectivity index (χ0n) is 8.36. The fraction of sp³-hybridized carbons (Fsp3) is 0.667. The maximum Gasteiger partial charge on any atom is 0.331 e. The van der Waals surface area contributed by atoms with E-state index in [0.717, 1.165) is 4.90 Å². The number of nitrogens with zero attached hydrogens (tertiary/aromatic N) is 1. The number of rotatable bonds is 1. The summed E-state index contributed by atoms with van der Waals surface area (Å²) >= 11 is 0. The van der Waals surface area contributed by atoms with Gasteiger partial charge in [-0.3, -0.25) is 19.8 Å². The Bertz CT molecular complexity index is 308. The normalized spacial score (nSPS) is 32.1. The van der Waals surface area contributed by atoms with Crippen LogP contribution < -0.4 is 5.32 Å². The van der Waals surface area contributed by atoms with Crippen LogP contribution in [0.25, 0.3) is 0 Å². The topological polar surface area (TPSA) is 75.7 Å². The summed E-state index contributed by atoms with van der Waals surface area (Å²) < 4.78 is 5.28. The summed E-state index contributed by atoms with van der Waals surface area (Å²) in [6.07, 6.45) is 0.219. The van der Waals surface area contributed by atoms with Crippen molar-refractivity contribution in [1.29, 1.82) is 0 Å². The molecule has 0 aromatic rings. The molecule has 2 heterocycles. The van der Waals surface area contributed by atoms with Crippen LogP contribution in [0.15, 0.2) is 0 Å². The van der Waals surface area contributed by atoms with E-state index >= 15 is 0 Å². The quantitative estimate of drug-likeness (QED) is 0.602. The summed E-state index contributed by atoms with van der Waals surface area (Å²) in [7, 11) is 0. The maximum absolute atomic E-state index is 11.5. The minimum absolute atomic E-state index is 0.159. The Hall–Kier alpha value is -1.43. The van der Waals surface area contributed by atoms with Gasteiger partial charge in [-0.25, -0.2) is 4.79 Å². The van der Waals surface area contributed by atoms with Gasteiger partial charge in [0.25, 0.3) is 0 Å². The summed E-state index contributed by atoms with van der Waals surface area (Å²) in [5, 5.41) is 2.13. The van der Waals surface area contributed by atoms with Crippen LogP contribution in [0.2, 0.25) is 0 Å². The van der Waals surface area contributed by atoms with Gasteiger partial charge in [0.2, 0.25) is 11.8 Å². The number of imide groups is 2. The number of carbonyl (C=O) groups excluding carboxylic acids is 3. The van der Waals surface area contributed by atoms with Crippen LogP contribution in [0, 0.1) is 0 Å². The average molecular weight is 212 g/mol. The predicted octanol–water partition coefficient (Wildman–Crippen LogP) is -0.368. The monoisotopic (exact) mass is 212 g/mol. The lowest BCUT2D eigenvalue weighted by atomic mass is 10.1. The summed E-state index contributed by atoms with van der Waals surface area (Å²) in [5.41, 5.74) is 0. The smallest absolute Gasteiger partial charge is 0.331 e. The standard InChI is InChI=1S/C9H12N2O4/c1-5-6(2-3-15-5)11-8(13)4-7(12)10-9(11)14/h5-6H,2-4H2,1H3,(H,10,12,14). The van der Waals surface area contributed by atoms with E-state index in [0.29, 0.717) is 13.0 Å². The molecule has 0 radical (unpaired) electrons. The number of barbiturate groups is 1. The number of hydrogen-bond acceptors (Lipinski definition) is 4. The summed E-state index contributed by atoms with van der Waals surface area (Å²) in [4.78, 5) is 35.0. The van der Waals surface area contributed by atoms with Crippen LogP contribution in [0.4, 0.5) is 4.79 Å². The van der Waals surface area contributed by atoms with Gasteiger partial charge in [0.1, 0.15) is 6.42 Å². The Kier molecular flexibility index (Phi) is 2.44. The molecule has 2 aliphatic rings. The molecule has 6 heteroatoms. The van der Waals surface area contributed by atoms with Gasteiger partial charge in [0.15, 0.2) is 0 Å². The van der Waals surface area contributed by atoms with Crippen LogP contribution in [-0.2, 0) is 14.3 Å². The van der Waals surface area contributed by atoms with Crippen LogP contribution in [-0.4, -0.2) is 41.5 Å². The van der Waals surface area contributed by atoms with Crippen molar-refractivity contribution >= 4 is 17.8 Å². The lowest BCUT2D eigenvalue weighted by Gasteiger charge is -2.31. The predicted molar refractivity (Wildman–Crippen MR) is 48.8 cm³/mol. The van der Waals surface area contributed by atoms with E-state index in [1.807, 2.05) is 6.92 Å². The molecule has 0 spiro atoms. The second-order valence-corrected chi connectivity index (χ2v) is 3.73. The van der Waals surface area contributed by atoms with E-state index in [1.165, 1.54) is 0 Å². The minimum Gasteiger partial charge on any atom is -0.376 e. The van der Waals surface area contributed by atoms with E-state index in [9.17, 15) is 14.4 Å². The van der Waals surface area contributed by atoms with E-state index in [2.05, 4.69) is 5.32 Å². The van der Waals surface area contributed by atoms with Gasteiger partial charge in [0.05, 0.1) is 12.1 Å². The molecular weight excluding hydrogens is 200 g/mol. The van der Waals surface area contributed by atoms with E-state index < -0.39 is 17.8 Å². The highest BCUT2D eigenvalue weighted by atomic mass is 16.5. The van der Waals surface area contributed by atoms with Crippen molar-refractivity contribution in [3.8, 4) is 0 Å². The molecule has 0 bridgehead atoms. The third kappa shape index (κ3) is 1.72. The van der Waals surface area contributed by atoms with E-state index in [-0.39, 0.29) is 18.6 Å². The first-order chi connectivity index (χ1) is 7.09. The average Bonchev–Trinajstić information content (AvgIpc) is 2.50. The van der Waals surface area contributed by atoms with Crippen molar-refractivity contribution in [3.63, 3.8) is 0 Å². The Morgan fingerprint density at radius 3 is 2.67 bits per heavy atom. The molecule has 15 heavy (non-hydrogen) atoms. The number of amides is 4. The molecule has 0 aromatic heterocycles. The fourth-order valence-electron chi connectivity index (χ4n) is 1.95. The van der Waals surface area contributed by atoms with Gasteiger partial charge >= 0.3 is 6.03 Å². The number of nitrogens with one attached hydrogen (secondary N) is 1. The molecule has 2 saturated heterocycles. The van der Waals surface area contributed by atoms with Gasteiger partial charge in [0, 0.05) is 6.61 Å². The molecule has 2 rings (SSSR count). The molecule has 2 aliphatic heterocycles. The van der Waals surface area contributed by atoms with Gasteiger partial charge in [-0.05, 0) is 13.3 Å². The fourth-order valence-corrected chi connectivity index (χ4v) is 1.95. The first-order valence-corrected chi connectivity index (χ1v) is 4.87. The largest absolute Gasteiger partial charge is 0.376 e. The first kappa shape index (κ1) is 10.1. The van der Waals surface area contributed by atoms with Gasteiger partial charge in [-0.1, -0.05) is 0 Å².